The lowest BCUT2D eigenvalue weighted by atomic mass is 9.74. The summed E-state index contributed by atoms with van der Waals surface area (Å²) >= 11 is 0. The minimum Gasteiger partial charge on any atom is -0.256 e. The summed E-state index contributed by atoms with van der Waals surface area (Å²) in [5, 5.41) is 5.15. The summed E-state index contributed by atoms with van der Waals surface area (Å²) in [6, 6.07) is 58.5. The third-order valence-electron chi connectivity index (χ3n) is 10.7. The second-order valence-corrected chi connectivity index (χ2v) is 13.2. The van der Waals surface area contributed by atoms with Crippen molar-refractivity contribution in [2.45, 2.75) is 18.3 Å². The fraction of sp³-hybridized carbons (Fsp3) is 0.0652. The highest BCUT2D eigenvalue weighted by Gasteiger charge is 2.47. The molecule has 1 heteroatoms. The van der Waals surface area contributed by atoms with Crippen LogP contribution in [0.1, 0.15) is 22.3 Å². The molecule has 0 bridgehead atoms. The van der Waals surface area contributed by atoms with E-state index in [-0.39, 0.29) is 5.41 Å². The molecule has 0 atom stereocenters. The van der Waals surface area contributed by atoms with Crippen LogP contribution in [-0.2, 0) is 18.3 Å². The van der Waals surface area contributed by atoms with Gasteiger partial charge in [0, 0.05) is 17.2 Å². The van der Waals surface area contributed by atoms with Gasteiger partial charge in [-0.05, 0) is 120 Å². The molecule has 7 aromatic carbocycles. The topological polar surface area (TPSA) is 12.9 Å². The van der Waals surface area contributed by atoms with E-state index in [0.29, 0.717) is 0 Å². The van der Waals surface area contributed by atoms with E-state index in [1.54, 1.807) is 0 Å². The number of hydrogen-bond donors (Lipinski definition) is 0. The van der Waals surface area contributed by atoms with Crippen LogP contribution in [0, 0.1) is 0 Å². The summed E-state index contributed by atoms with van der Waals surface area (Å²) in [5.41, 5.74) is 15.7. The number of hydrogen-bond acceptors (Lipinski definition) is 1. The van der Waals surface area contributed by atoms with Gasteiger partial charge in [0.25, 0.3) is 0 Å². The first kappa shape index (κ1) is 26.4. The maximum atomic E-state index is 4.68. The van der Waals surface area contributed by atoms with Crippen LogP contribution in [0.3, 0.4) is 0 Å². The SMILES string of the molecule is c1ccc(-c2ccc3c(c2)CC2(C3)c3cc(-c4cccc5ccccc45)ccc3-c3ccc(-c4cccc5ccccc45)cc32)nc1. The Bertz CT molecular complexity index is 2380. The number of aromatic nitrogens is 1. The Morgan fingerprint density at radius 2 is 0.957 bits per heavy atom. The molecule has 2 aliphatic rings. The van der Waals surface area contributed by atoms with Crippen molar-refractivity contribution in [3.63, 3.8) is 0 Å². The minimum absolute atomic E-state index is 0.142. The van der Waals surface area contributed by atoms with Crippen molar-refractivity contribution in [2.24, 2.45) is 0 Å². The third kappa shape index (κ3) is 4.00. The van der Waals surface area contributed by atoms with Crippen LogP contribution in [0.15, 0.2) is 164 Å². The third-order valence-corrected chi connectivity index (χ3v) is 10.7. The summed E-state index contributed by atoms with van der Waals surface area (Å²) in [6.07, 6.45) is 3.85. The van der Waals surface area contributed by atoms with E-state index in [2.05, 4.69) is 157 Å². The Labute approximate surface area is 274 Å². The predicted molar refractivity (Wildman–Crippen MR) is 196 cm³/mol. The van der Waals surface area contributed by atoms with Crippen molar-refractivity contribution >= 4 is 21.5 Å². The van der Waals surface area contributed by atoms with Gasteiger partial charge in [-0.25, -0.2) is 0 Å². The lowest BCUT2D eigenvalue weighted by Gasteiger charge is -2.28. The van der Waals surface area contributed by atoms with Gasteiger partial charge in [-0.2, -0.15) is 0 Å². The zero-order chi connectivity index (χ0) is 31.0. The van der Waals surface area contributed by atoms with E-state index in [4.69, 9.17) is 0 Å². The first-order valence-electron chi connectivity index (χ1n) is 16.5. The molecule has 220 valence electrons. The van der Waals surface area contributed by atoms with Crippen LogP contribution < -0.4 is 0 Å². The van der Waals surface area contributed by atoms with Crippen molar-refractivity contribution in [3.05, 3.63) is 186 Å². The Balaban J connectivity index is 1.18. The fourth-order valence-corrected chi connectivity index (χ4v) is 8.53. The molecule has 0 aliphatic heterocycles. The van der Waals surface area contributed by atoms with E-state index < -0.39 is 0 Å². The number of fused-ring (bicyclic) bond motifs is 8. The van der Waals surface area contributed by atoms with Crippen LogP contribution in [0.2, 0.25) is 0 Å². The second kappa shape index (κ2) is 10.1. The number of pyridine rings is 1. The van der Waals surface area contributed by atoms with Crippen molar-refractivity contribution in [1.82, 2.24) is 4.98 Å². The molecule has 1 nitrogen and oxygen atoms in total. The molecule has 0 unspecified atom stereocenters. The normalized spacial score (nSPS) is 14.0. The maximum absolute atomic E-state index is 4.68. The lowest BCUT2D eigenvalue weighted by Crippen LogP contribution is -2.26. The van der Waals surface area contributed by atoms with Gasteiger partial charge in [0.05, 0.1) is 5.69 Å². The van der Waals surface area contributed by atoms with Crippen LogP contribution >= 0.6 is 0 Å². The maximum Gasteiger partial charge on any atom is 0.0702 e. The summed E-state index contributed by atoms with van der Waals surface area (Å²) in [4.78, 5) is 4.68. The molecular weight excluding hydrogens is 567 g/mol. The van der Waals surface area contributed by atoms with Crippen molar-refractivity contribution in [2.75, 3.05) is 0 Å². The van der Waals surface area contributed by atoms with Crippen molar-refractivity contribution in [3.8, 4) is 44.6 Å². The summed E-state index contributed by atoms with van der Waals surface area (Å²) in [5.74, 6) is 0. The van der Waals surface area contributed by atoms with Gasteiger partial charge in [-0.3, -0.25) is 4.98 Å². The fourth-order valence-electron chi connectivity index (χ4n) is 8.53. The Morgan fingerprint density at radius 3 is 1.57 bits per heavy atom. The lowest BCUT2D eigenvalue weighted by molar-refractivity contribution is 0.564. The summed E-state index contributed by atoms with van der Waals surface area (Å²) < 4.78 is 0. The van der Waals surface area contributed by atoms with Gasteiger partial charge < -0.3 is 0 Å². The Morgan fingerprint density at radius 1 is 0.404 bits per heavy atom. The molecular formula is C46H31N. The van der Waals surface area contributed by atoms with Crippen LogP contribution in [-0.4, -0.2) is 4.98 Å². The second-order valence-electron chi connectivity index (χ2n) is 13.2. The van der Waals surface area contributed by atoms with Crippen LogP contribution in [0.25, 0.3) is 66.2 Å². The molecule has 0 saturated heterocycles. The Hall–Kier alpha value is -5.79. The Kier molecular flexibility index (Phi) is 5.68. The molecule has 0 radical (unpaired) electrons. The molecule has 2 aliphatic carbocycles. The van der Waals surface area contributed by atoms with Gasteiger partial charge in [0.15, 0.2) is 0 Å². The average Bonchev–Trinajstić information content (AvgIpc) is 3.65. The summed E-state index contributed by atoms with van der Waals surface area (Å²) in [7, 11) is 0. The molecule has 0 N–H and O–H groups in total. The molecule has 10 rings (SSSR count). The van der Waals surface area contributed by atoms with Gasteiger partial charge in [-0.1, -0.05) is 127 Å². The van der Waals surface area contributed by atoms with Gasteiger partial charge in [-0.15, -0.1) is 0 Å². The van der Waals surface area contributed by atoms with Gasteiger partial charge in [0.1, 0.15) is 0 Å². The molecule has 0 saturated carbocycles. The van der Waals surface area contributed by atoms with Crippen LogP contribution in [0.5, 0.6) is 0 Å². The average molecular weight is 598 g/mol. The zero-order valence-corrected chi connectivity index (χ0v) is 25.9. The number of nitrogens with zero attached hydrogens (tertiary/aromatic N) is 1. The van der Waals surface area contributed by atoms with Gasteiger partial charge >= 0.3 is 0 Å². The van der Waals surface area contributed by atoms with Gasteiger partial charge in [0.2, 0.25) is 0 Å². The smallest absolute Gasteiger partial charge is 0.0702 e. The van der Waals surface area contributed by atoms with E-state index in [0.717, 1.165) is 18.5 Å². The molecule has 1 spiro atoms. The highest BCUT2D eigenvalue weighted by atomic mass is 14.7. The first-order valence-corrected chi connectivity index (χ1v) is 16.5. The molecule has 0 fully saturated rings. The molecule has 1 aromatic heterocycles. The largest absolute Gasteiger partial charge is 0.256 e. The van der Waals surface area contributed by atoms with E-state index in [1.807, 2.05) is 12.3 Å². The molecule has 0 amide bonds. The summed E-state index contributed by atoms with van der Waals surface area (Å²) in [6.45, 7) is 0. The van der Waals surface area contributed by atoms with Crippen LogP contribution in [0.4, 0.5) is 0 Å². The first-order chi connectivity index (χ1) is 23.2. The monoisotopic (exact) mass is 597 g/mol. The minimum atomic E-state index is -0.142. The van der Waals surface area contributed by atoms with E-state index in [1.165, 1.54) is 82.7 Å². The number of benzene rings is 7. The number of rotatable bonds is 3. The van der Waals surface area contributed by atoms with Crippen molar-refractivity contribution in [1.29, 1.82) is 0 Å². The highest BCUT2D eigenvalue weighted by molar-refractivity contribution is 5.99. The molecule has 47 heavy (non-hydrogen) atoms. The zero-order valence-electron chi connectivity index (χ0n) is 25.9. The van der Waals surface area contributed by atoms with E-state index in [9.17, 15) is 0 Å². The quantitative estimate of drug-likeness (QED) is 0.197. The van der Waals surface area contributed by atoms with E-state index >= 15 is 0 Å². The molecule has 1 heterocycles. The van der Waals surface area contributed by atoms with Crippen molar-refractivity contribution < 1.29 is 0 Å². The predicted octanol–water partition coefficient (Wildman–Crippen LogP) is 11.5. The highest BCUT2D eigenvalue weighted by Crippen LogP contribution is 2.57. The standard InChI is InChI=1S/C46H31N/c1-3-13-37-30(9-1)11-7-15-39(37)32-20-22-41-42-23-21-33(40-16-8-12-31-10-2-4-14-38(31)40)27-44(42)46(43(41)26-32)28-35-19-18-34(25-36(35)29-46)45-17-5-6-24-47-45/h1-27H,28-29H2. The molecule has 8 aromatic rings.